The summed E-state index contributed by atoms with van der Waals surface area (Å²) in [6.07, 6.45) is 1.98. The highest BCUT2D eigenvalue weighted by atomic mass is 35.5. The van der Waals surface area contributed by atoms with Crippen molar-refractivity contribution in [3.05, 3.63) is 122 Å². The molecule has 6 aromatic rings. The molecule has 2 aliphatic heterocycles. The maximum absolute atomic E-state index is 15.1. The number of thiophene rings is 1. The number of allylic oxidation sites excluding steroid dienone is 2. The first-order valence-electron chi connectivity index (χ1n) is 17.1. The molecular weight excluding hydrogens is 716 g/mol. The Morgan fingerprint density at radius 2 is 1.77 bits per heavy atom. The van der Waals surface area contributed by atoms with Crippen molar-refractivity contribution in [2.75, 3.05) is 12.0 Å². The Labute approximate surface area is 311 Å². The van der Waals surface area contributed by atoms with Crippen LogP contribution in [0.5, 0.6) is 11.5 Å². The number of aromatic nitrogens is 5. The van der Waals surface area contributed by atoms with Crippen molar-refractivity contribution >= 4 is 50.7 Å². The van der Waals surface area contributed by atoms with Crippen LogP contribution >= 0.6 is 22.9 Å². The van der Waals surface area contributed by atoms with Gasteiger partial charge in [-0.2, -0.15) is 5.10 Å². The summed E-state index contributed by atoms with van der Waals surface area (Å²) in [6.45, 7) is 3.87. The number of methoxy groups -OCH3 is 1. The molecule has 0 radical (unpaired) electrons. The molecular formula is C39H33ClN6O6S. The molecule has 2 fully saturated rings. The normalized spacial score (nSPS) is 22.2. The minimum absolute atomic E-state index is 0.0288. The quantitative estimate of drug-likeness (QED) is 0.170. The number of hydrogen-bond acceptors (Lipinski definition) is 8. The van der Waals surface area contributed by atoms with Gasteiger partial charge in [0.15, 0.2) is 0 Å². The molecule has 4 atom stereocenters. The molecule has 12 nitrogen and oxygen atoms in total. The van der Waals surface area contributed by atoms with Crippen molar-refractivity contribution in [2.24, 2.45) is 18.4 Å². The highest BCUT2D eigenvalue weighted by molar-refractivity contribution is 7.22. The Balaban J connectivity index is 1.21. The van der Waals surface area contributed by atoms with Gasteiger partial charge in [-0.15, -0.1) is 11.3 Å². The number of nitrogens with zero attached hydrogens (tertiary/aromatic N) is 6. The van der Waals surface area contributed by atoms with Crippen molar-refractivity contribution in [3.63, 3.8) is 0 Å². The first-order valence-corrected chi connectivity index (χ1v) is 18.3. The smallest absolute Gasteiger partial charge is 0.352 e. The van der Waals surface area contributed by atoms with Gasteiger partial charge in [0.25, 0.3) is 0 Å². The van der Waals surface area contributed by atoms with Crippen LogP contribution in [-0.4, -0.2) is 47.7 Å². The number of carbonyl (C=O) groups is 2. The molecule has 1 N–H and O–H groups in total. The lowest BCUT2D eigenvalue weighted by Crippen LogP contribution is -2.49. The van der Waals surface area contributed by atoms with Crippen LogP contribution in [0.2, 0.25) is 5.02 Å². The van der Waals surface area contributed by atoms with E-state index in [-0.39, 0.29) is 18.7 Å². The van der Waals surface area contributed by atoms with E-state index in [2.05, 4.69) is 0 Å². The number of halogens is 1. The minimum Gasteiger partial charge on any atom is -0.508 e. The number of hydrogen-bond donors (Lipinski definition) is 1. The van der Waals surface area contributed by atoms with E-state index in [4.69, 9.17) is 21.4 Å². The summed E-state index contributed by atoms with van der Waals surface area (Å²) in [7, 11) is 3.18. The average Bonchev–Trinajstić information content (AvgIpc) is 3.82. The summed E-state index contributed by atoms with van der Waals surface area (Å²) in [5.41, 5.74) is 0.948. The number of phenols is 1. The van der Waals surface area contributed by atoms with Gasteiger partial charge in [0.1, 0.15) is 23.0 Å². The van der Waals surface area contributed by atoms with E-state index in [0.29, 0.717) is 39.1 Å². The van der Waals surface area contributed by atoms with Gasteiger partial charge in [-0.3, -0.25) is 14.3 Å². The zero-order valence-electron chi connectivity index (χ0n) is 29.1. The Morgan fingerprint density at radius 1 is 1.00 bits per heavy atom. The second-order valence-corrected chi connectivity index (χ2v) is 15.5. The number of ether oxygens (including phenoxy) is 1. The second kappa shape index (κ2) is 11.7. The summed E-state index contributed by atoms with van der Waals surface area (Å²) in [4.78, 5) is 60.1. The van der Waals surface area contributed by atoms with E-state index in [1.54, 1.807) is 72.5 Å². The molecule has 3 aromatic heterocycles. The number of amides is 2. The van der Waals surface area contributed by atoms with Crippen LogP contribution in [0.1, 0.15) is 36.4 Å². The van der Waals surface area contributed by atoms with Crippen molar-refractivity contribution in [1.82, 2.24) is 23.7 Å². The van der Waals surface area contributed by atoms with E-state index in [1.807, 2.05) is 31.2 Å². The van der Waals surface area contributed by atoms with Gasteiger partial charge in [-0.1, -0.05) is 41.9 Å². The SMILES string of the molecule is COc1cc(O)ccc1C1C2=CCn3c(=O)n(-c4ccccc4)c(=O)n3C2CC2C(=O)N(c3cc(-c4sc5ccc(Cl)cc5c4C)nn3C)C(=O)C21C. The topological polar surface area (TPSA) is 134 Å². The number of anilines is 1. The average molecular weight is 749 g/mol. The predicted octanol–water partition coefficient (Wildman–Crippen LogP) is 5.96. The summed E-state index contributed by atoms with van der Waals surface area (Å²) in [5.74, 6) is -1.89. The molecule has 1 saturated carbocycles. The summed E-state index contributed by atoms with van der Waals surface area (Å²) < 4.78 is 12.3. The molecule has 1 saturated heterocycles. The molecule has 2 amide bonds. The van der Waals surface area contributed by atoms with E-state index in [9.17, 15) is 19.5 Å². The molecule has 0 bridgehead atoms. The predicted molar refractivity (Wildman–Crippen MR) is 201 cm³/mol. The number of phenolic OH excluding ortho intramolecular Hbond substituents is 1. The highest BCUT2D eigenvalue weighted by Crippen LogP contribution is 2.62. The minimum atomic E-state index is -1.34. The molecule has 4 unspecified atom stereocenters. The van der Waals surface area contributed by atoms with Gasteiger partial charge >= 0.3 is 11.4 Å². The first-order chi connectivity index (χ1) is 25.4. The van der Waals surface area contributed by atoms with Crippen molar-refractivity contribution in [1.29, 1.82) is 0 Å². The number of imide groups is 1. The van der Waals surface area contributed by atoms with Crippen LogP contribution in [0, 0.1) is 18.3 Å². The maximum Gasteiger partial charge on any atom is 0.352 e. The van der Waals surface area contributed by atoms with Crippen LogP contribution in [0.3, 0.4) is 0 Å². The first kappa shape index (κ1) is 33.2. The van der Waals surface area contributed by atoms with E-state index < -0.39 is 46.5 Å². The van der Waals surface area contributed by atoms with Gasteiger partial charge in [-0.05, 0) is 73.2 Å². The number of para-hydroxylation sites is 1. The van der Waals surface area contributed by atoms with Gasteiger partial charge in [0, 0.05) is 40.4 Å². The standard InChI is InChI=1S/C39H33ClN6O6S/c1-20-26-16-21(40)10-13-31(26)53-34(20)28-19-32(42(3)41-28)45-35(48)27-18-29-24(33(39(27,2)36(45)49)25-12-11-23(47)17-30(25)52-4)14-15-43-37(50)44(38(51)46(29)43)22-8-6-5-7-9-22/h5-14,16-17,19,27,29,33,47H,15,18H2,1-4H3. The molecule has 1 aliphatic carbocycles. The van der Waals surface area contributed by atoms with Crippen LogP contribution in [0.25, 0.3) is 26.3 Å². The third-order valence-electron chi connectivity index (χ3n) is 11.3. The summed E-state index contributed by atoms with van der Waals surface area (Å²) in [6, 6.07) is 20.1. The number of benzene rings is 3. The van der Waals surface area contributed by atoms with Crippen LogP contribution in [0.4, 0.5) is 5.82 Å². The number of fused-ring (bicyclic) bond motifs is 5. The molecule has 14 heteroatoms. The summed E-state index contributed by atoms with van der Waals surface area (Å²) >= 11 is 7.87. The van der Waals surface area contributed by atoms with E-state index >= 15 is 4.79 Å². The molecule has 5 heterocycles. The zero-order valence-corrected chi connectivity index (χ0v) is 30.7. The third-order valence-corrected chi connectivity index (χ3v) is 12.8. The Bertz CT molecular complexity index is 2700. The van der Waals surface area contributed by atoms with Crippen LogP contribution < -0.4 is 21.0 Å². The van der Waals surface area contributed by atoms with Crippen molar-refractivity contribution < 1.29 is 19.4 Å². The fourth-order valence-corrected chi connectivity index (χ4v) is 10.1. The Hall–Kier alpha value is -5.66. The molecule has 0 spiro atoms. The number of carbonyl (C=O) groups excluding carboxylic acids is 2. The molecule has 268 valence electrons. The lowest BCUT2D eigenvalue weighted by atomic mass is 9.56. The lowest BCUT2D eigenvalue weighted by Gasteiger charge is -2.47. The van der Waals surface area contributed by atoms with Gasteiger partial charge < -0.3 is 9.84 Å². The van der Waals surface area contributed by atoms with Crippen molar-refractivity contribution in [3.8, 4) is 27.8 Å². The zero-order chi connectivity index (χ0) is 37.1. The monoisotopic (exact) mass is 748 g/mol. The maximum atomic E-state index is 15.1. The fourth-order valence-electron chi connectivity index (χ4n) is 8.79. The van der Waals surface area contributed by atoms with Crippen molar-refractivity contribution in [2.45, 2.75) is 38.8 Å². The number of rotatable bonds is 5. The molecule has 53 heavy (non-hydrogen) atoms. The lowest BCUT2D eigenvalue weighted by molar-refractivity contribution is -0.129. The van der Waals surface area contributed by atoms with Crippen LogP contribution in [0.15, 0.2) is 94.0 Å². The summed E-state index contributed by atoms with van der Waals surface area (Å²) in [5, 5.41) is 16.8. The Kier molecular flexibility index (Phi) is 7.31. The number of aromatic hydroxyl groups is 1. The van der Waals surface area contributed by atoms with E-state index in [0.717, 1.165) is 25.1 Å². The highest BCUT2D eigenvalue weighted by Gasteiger charge is 2.66. The molecule has 3 aliphatic rings. The largest absolute Gasteiger partial charge is 0.508 e. The molecule has 9 rings (SSSR count). The van der Waals surface area contributed by atoms with E-state index in [1.165, 1.54) is 33.5 Å². The number of aryl methyl sites for hydroxylation is 2. The van der Waals surface area contributed by atoms with Gasteiger partial charge in [0.2, 0.25) is 11.8 Å². The molecule has 3 aromatic carbocycles. The van der Waals surface area contributed by atoms with Gasteiger partial charge in [-0.25, -0.2) is 28.4 Å². The van der Waals surface area contributed by atoms with Gasteiger partial charge in [0.05, 0.1) is 41.6 Å². The second-order valence-electron chi connectivity index (χ2n) is 14.0. The third kappa shape index (κ3) is 4.56. The fraction of sp³-hybridized carbons (Fsp3) is 0.256. The Morgan fingerprint density at radius 3 is 2.53 bits per heavy atom. The van der Waals surface area contributed by atoms with Crippen LogP contribution in [-0.2, 0) is 23.2 Å².